The van der Waals surface area contributed by atoms with Crippen LogP contribution >= 0.6 is 0 Å². The Morgan fingerprint density at radius 3 is 2.22 bits per heavy atom. The highest BCUT2D eigenvalue weighted by Crippen LogP contribution is 2.25. The predicted molar refractivity (Wildman–Crippen MR) is 129 cm³/mol. The number of benzene rings is 3. The molecule has 5 nitrogen and oxygen atoms in total. The van der Waals surface area contributed by atoms with Crippen molar-refractivity contribution < 1.29 is 13.2 Å². The average Bonchev–Trinajstić information content (AvgIpc) is 2.82. The Hall–Kier alpha value is -3.38. The second-order valence-electron chi connectivity index (χ2n) is 7.48. The van der Waals surface area contributed by atoms with Crippen LogP contribution in [0.3, 0.4) is 0 Å². The van der Waals surface area contributed by atoms with E-state index >= 15 is 0 Å². The minimum Gasteiger partial charge on any atom is -0.345 e. The smallest absolute Gasteiger partial charge is 0.264 e. The van der Waals surface area contributed by atoms with Gasteiger partial charge in [-0.3, -0.25) is 9.10 Å². The molecular weight excluding hydrogens is 420 g/mol. The standard InChI is InChI=1S/C26H28N2O3S/c1-4-19-28(32(30,31)23-12-7-6-8-13-23)22-17-15-21(16-18-22)26(29)27-25(5-2)24-14-10-9-11-20(24)3/h4,6-18,25H,1,5,19H2,2-3H3,(H,27,29). The quantitative estimate of drug-likeness (QED) is 0.454. The lowest BCUT2D eigenvalue weighted by atomic mass is 9.99. The van der Waals surface area contributed by atoms with Gasteiger partial charge in [-0.2, -0.15) is 0 Å². The number of rotatable bonds is 9. The Morgan fingerprint density at radius 1 is 1.00 bits per heavy atom. The minimum absolute atomic E-state index is 0.0981. The van der Waals surface area contributed by atoms with E-state index in [2.05, 4.69) is 11.9 Å². The van der Waals surface area contributed by atoms with Gasteiger partial charge in [0.1, 0.15) is 0 Å². The minimum atomic E-state index is -3.75. The number of hydrogen-bond acceptors (Lipinski definition) is 3. The highest BCUT2D eigenvalue weighted by molar-refractivity contribution is 7.92. The maximum absolute atomic E-state index is 13.1. The third-order valence-electron chi connectivity index (χ3n) is 5.32. The summed E-state index contributed by atoms with van der Waals surface area (Å²) >= 11 is 0. The first-order valence-corrected chi connectivity index (χ1v) is 12.0. The molecule has 1 N–H and O–H groups in total. The molecule has 3 aromatic carbocycles. The van der Waals surface area contributed by atoms with Gasteiger partial charge in [0.15, 0.2) is 0 Å². The lowest BCUT2D eigenvalue weighted by molar-refractivity contribution is 0.0935. The van der Waals surface area contributed by atoms with Crippen molar-refractivity contribution in [2.45, 2.75) is 31.2 Å². The van der Waals surface area contributed by atoms with Gasteiger partial charge in [-0.15, -0.1) is 6.58 Å². The normalized spacial score (nSPS) is 12.1. The van der Waals surface area contributed by atoms with E-state index in [9.17, 15) is 13.2 Å². The largest absolute Gasteiger partial charge is 0.345 e. The first-order chi connectivity index (χ1) is 15.4. The van der Waals surface area contributed by atoms with Crippen LogP contribution in [0.25, 0.3) is 0 Å². The molecule has 0 spiro atoms. The molecule has 0 heterocycles. The zero-order valence-corrected chi connectivity index (χ0v) is 19.2. The van der Waals surface area contributed by atoms with E-state index in [0.29, 0.717) is 11.3 Å². The van der Waals surface area contributed by atoms with Gasteiger partial charge in [-0.05, 0) is 60.9 Å². The van der Waals surface area contributed by atoms with Crippen LogP contribution in [0.15, 0.2) is 96.4 Å². The van der Waals surface area contributed by atoms with Gasteiger partial charge in [0.25, 0.3) is 15.9 Å². The number of amides is 1. The highest BCUT2D eigenvalue weighted by Gasteiger charge is 2.24. The predicted octanol–water partition coefficient (Wildman–Crippen LogP) is 5.26. The molecule has 0 bridgehead atoms. The van der Waals surface area contributed by atoms with Gasteiger partial charge in [0, 0.05) is 5.56 Å². The van der Waals surface area contributed by atoms with Crippen LogP contribution in [0.1, 0.15) is 40.9 Å². The number of aryl methyl sites for hydroxylation is 1. The van der Waals surface area contributed by atoms with Crippen molar-refractivity contribution in [3.05, 3.63) is 108 Å². The third kappa shape index (κ3) is 5.08. The fraction of sp³-hybridized carbons (Fsp3) is 0.192. The molecule has 1 atom stereocenters. The van der Waals surface area contributed by atoms with E-state index in [0.717, 1.165) is 17.5 Å². The third-order valence-corrected chi connectivity index (χ3v) is 7.13. The van der Waals surface area contributed by atoms with Crippen LogP contribution in [0.5, 0.6) is 0 Å². The lowest BCUT2D eigenvalue weighted by Gasteiger charge is -2.23. The second kappa shape index (κ2) is 10.3. The van der Waals surface area contributed by atoms with Crippen LogP contribution in [0.4, 0.5) is 5.69 Å². The van der Waals surface area contributed by atoms with E-state index in [1.807, 2.05) is 38.1 Å². The molecule has 6 heteroatoms. The van der Waals surface area contributed by atoms with E-state index < -0.39 is 10.0 Å². The van der Waals surface area contributed by atoms with Crippen molar-refractivity contribution in [3.8, 4) is 0 Å². The van der Waals surface area contributed by atoms with Crippen LogP contribution in [-0.4, -0.2) is 20.9 Å². The number of nitrogens with one attached hydrogen (secondary N) is 1. The summed E-state index contributed by atoms with van der Waals surface area (Å²) in [5.74, 6) is -0.201. The fourth-order valence-electron chi connectivity index (χ4n) is 3.58. The highest BCUT2D eigenvalue weighted by atomic mass is 32.2. The van der Waals surface area contributed by atoms with E-state index in [1.165, 1.54) is 10.4 Å². The van der Waals surface area contributed by atoms with Gasteiger partial charge in [-0.1, -0.05) is 55.5 Å². The van der Waals surface area contributed by atoms with Crippen molar-refractivity contribution in [1.82, 2.24) is 5.32 Å². The Morgan fingerprint density at radius 2 is 1.62 bits per heavy atom. The van der Waals surface area contributed by atoms with Crippen LogP contribution in [0.2, 0.25) is 0 Å². The zero-order chi connectivity index (χ0) is 23.1. The summed E-state index contributed by atoms with van der Waals surface area (Å²) in [6, 6.07) is 22.7. The number of nitrogens with zero attached hydrogens (tertiary/aromatic N) is 1. The summed E-state index contributed by atoms with van der Waals surface area (Å²) in [6.07, 6.45) is 2.30. The molecule has 32 heavy (non-hydrogen) atoms. The molecule has 0 aliphatic rings. The first kappa shape index (κ1) is 23.3. The number of carbonyl (C=O) groups is 1. The maximum Gasteiger partial charge on any atom is 0.264 e. The van der Waals surface area contributed by atoms with E-state index in [-0.39, 0.29) is 23.4 Å². The number of hydrogen-bond donors (Lipinski definition) is 1. The molecule has 0 saturated carbocycles. The Balaban J connectivity index is 1.83. The average molecular weight is 449 g/mol. The summed E-state index contributed by atoms with van der Waals surface area (Å²) in [5.41, 5.74) is 3.15. The summed E-state index contributed by atoms with van der Waals surface area (Å²) in [7, 11) is -3.75. The summed E-state index contributed by atoms with van der Waals surface area (Å²) in [5, 5.41) is 3.08. The maximum atomic E-state index is 13.1. The molecule has 0 saturated heterocycles. The lowest BCUT2D eigenvalue weighted by Crippen LogP contribution is -2.31. The number of carbonyl (C=O) groups excluding carboxylic acids is 1. The van der Waals surface area contributed by atoms with E-state index in [1.54, 1.807) is 54.6 Å². The van der Waals surface area contributed by atoms with Crippen molar-refractivity contribution in [2.75, 3.05) is 10.8 Å². The van der Waals surface area contributed by atoms with Gasteiger partial charge < -0.3 is 5.32 Å². The molecule has 0 aliphatic heterocycles. The zero-order valence-electron chi connectivity index (χ0n) is 18.4. The molecule has 0 aliphatic carbocycles. The SMILES string of the molecule is C=CCN(c1ccc(C(=O)NC(CC)c2ccccc2C)cc1)S(=O)(=O)c1ccccc1. The van der Waals surface area contributed by atoms with Crippen molar-refractivity contribution in [1.29, 1.82) is 0 Å². The Kier molecular flexibility index (Phi) is 7.49. The van der Waals surface area contributed by atoms with Crippen LogP contribution in [-0.2, 0) is 10.0 Å². The molecule has 0 radical (unpaired) electrons. The van der Waals surface area contributed by atoms with Gasteiger partial charge >= 0.3 is 0 Å². The summed E-state index contributed by atoms with van der Waals surface area (Å²) in [6.45, 7) is 7.86. The molecule has 3 rings (SSSR count). The molecule has 166 valence electrons. The molecule has 1 unspecified atom stereocenters. The summed E-state index contributed by atoms with van der Waals surface area (Å²) < 4.78 is 27.5. The van der Waals surface area contributed by atoms with Gasteiger partial charge in [0.05, 0.1) is 23.2 Å². The molecule has 1 amide bonds. The molecule has 0 aromatic heterocycles. The Bertz CT molecular complexity index is 1170. The molecule has 3 aromatic rings. The van der Waals surface area contributed by atoms with Crippen LogP contribution in [0, 0.1) is 6.92 Å². The molecule has 0 fully saturated rings. The van der Waals surface area contributed by atoms with E-state index in [4.69, 9.17) is 0 Å². The molecular formula is C26H28N2O3S. The Labute approximate surface area is 190 Å². The van der Waals surface area contributed by atoms with Crippen LogP contribution < -0.4 is 9.62 Å². The first-order valence-electron chi connectivity index (χ1n) is 10.5. The van der Waals surface area contributed by atoms with Crippen molar-refractivity contribution in [3.63, 3.8) is 0 Å². The monoisotopic (exact) mass is 448 g/mol. The van der Waals surface area contributed by atoms with Gasteiger partial charge in [-0.25, -0.2) is 8.42 Å². The van der Waals surface area contributed by atoms with Gasteiger partial charge in [0.2, 0.25) is 0 Å². The second-order valence-corrected chi connectivity index (χ2v) is 9.34. The van der Waals surface area contributed by atoms with Crippen molar-refractivity contribution in [2.24, 2.45) is 0 Å². The number of sulfonamides is 1. The van der Waals surface area contributed by atoms with Crippen molar-refractivity contribution >= 4 is 21.6 Å². The summed E-state index contributed by atoms with van der Waals surface area (Å²) in [4.78, 5) is 13.1. The fourth-order valence-corrected chi connectivity index (χ4v) is 5.03. The topological polar surface area (TPSA) is 66.5 Å². The number of anilines is 1.